The van der Waals surface area contributed by atoms with Crippen molar-refractivity contribution in [3.8, 4) is 0 Å². The molecule has 0 aromatic carbocycles. The van der Waals surface area contributed by atoms with Gasteiger partial charge in [-0.05, 0) is 12.0 Å². The van der Waals surface area contributed by atoms with E-state index in [4.69, 9.17) is 5.73 Å². The van der Waals surface area contributed by atoms with Crippen LogP contribution in [0.2, 0.25) is 0 Å². The van der Waals surface area contributed by atoms with Crippen LogP contribution < -0.4 is 11.1 Å². The molecule has 1 unspecified atom stereocenters. The van der Waals surface area contributed by atoms with Crippen LogP contribution in [0.5, 0.6) is 0 Å². The summed E-state index contributed by atoms with van der Waals surface area (Å²) in [7, 11) is 0. The van der Waals surface area contributed by atoms with Gasteiger partial charge in [-0.2, -0.15) is 5.10 Å². The van der Waals surface area contributed by atoms with Gasteiger partial charge in [-0.25, -0.2) is 0 Å². The Morgan fingerprint density at radius 1 is 1.73 bits per heavy atom. The Kier molecular flexibility index (Phi) is 4.30. The first-order valence-electron chi connectivity index (χ1n) is 5.16. The van der Waals surface area contributed by atoms with E-state index < -0.39 is 6.04 Å². The van der Waals surface area contributed by atoms with Crippen molar-refractivity contribution < 1.29 is 4.79 Å². The molecule has 0 fully saturated rings. The van der Waals surface area contributed by atoms with E-state index >= 15 is 0 Å². The van der Waals surface area contributed by atoms with Gasteiger partial charge in [0, 0.05) is 6.20 Å². The van der Waals surface area contributed by atoms with E-state index in [0.29, 0.717) is 6.54 Å². The minimum atomic E-state index is -0.432. The molecule has 15 heavy (non-hydrogen) atoms. The molecule has 1 heterocycles. The van der Waals surface area contributed by atoms with Gasteiger partial charge in [0.15, 0.2) is 0 Å². The summed E-state index contributed by atoms with van der Waals surface area (Å²) >= 11 is 0. The largest absolute Gasteiger partial charge is 0.349 e. The van der Waals surface area contributed by atoms with Crippen LogP contribution in [0.4, 0.5) is 0 Å². The van der Waals surface area contributed by atoms with Crippen molar-refractivity contribution in [2.45, 2.75) is 32.9 Å². The third-order valence-electron chi connectivity index (χ3n) is 2.57. The summed E-state index contributed by atoms with van der Waals surface area (Å²) in [4.78, 5) is 11.6. The number of nitrogens with zero attached hydrogens (tertiary/aromatic N) is 1. The molecule has 0 radical (unpaired) electrons. The highest BCUT2D eigenvalue weighted by molar-refractivity contribution is 5.81. The average Bonchev–Trinajstić information content (AvgIpc) is 2.76. The van der Waals surface area contributed by atoms with Crippen LogP contribution in [0, 0.1) is 5.92 Å². The van der Waals surface area contributed by atoms with E-state index in [0.717, 1.165) is 12.1 Å². The van der Waals surface area contributed by atoms with Crippen molar-refractivity contribution in [3.63, 3.8) is 0 Å². The van der Waals surface area contributed by atoms with Crippen LogP contribution in [0.25, 0.3) is 0 Å². The van der Waals surface area contributed by atoms with E-state index in [2.05, 4.69) is 15.5 Å². The number of aromatic amines is 1. The molecule has 1 aromatic rings. The summed E-state index contributed by atoms with van der Waals surface area (Å²) in [5.74, 6) is 0.0886. The Balaban J connectivity index is 2.36. The van der Waals surface area contributed by atoms with Gasteiger partial charge in [0.2, 0.25) is 5.91 Å². The zero-order valence-corrected chi connectivity index (χ0v) is 9.16. The first-order chi connectivity index (χ1) is 7.15. The average molecular weight is 210 g/mol. The molecule has 1 aromatic heterocycles. The molecule has 2 atom stereocenters. The second-order valence-electron chi connectivity index (χ2n) is 3.71. The molecule has 1 rings (SSSR count). The number of H-pyrrole nitrogens is 1. The smallest absolute Gasteiger partial charge is 0.237 e. The lowest BCUT2D eigenvalue weighted by Crippen LogP contribution is -2.44. The molecule has 0 aliphatic heterocycles. The zero-order chi connectivity index (χ0) is 11.3. The van der Waals surface area contributed by atoms with Gasteiger partial charge in [0.25, 0.3) is 0 Å². The van der Waals surface area contributed by atoms with Crippen LogP contribution in [0.1, 0.15) is 26.0 Å². The summed E-state index contributed by atoms with van der Waals surface area (Å²) < 4.78 is 0. The molecule has 4 N–H and O–H groups in total. The fourth-order valence-electron chi connectivity index (χ4n) is 1.20. The van der Waals surface area contributed by atoms with Gasteiger partial charge in [-0.3, -0.25) is 9.89 Å². The first-order valence-corrected chi connectivity index (χ1v) is 5.16. The van der Waals surface area contributed by atoms with Crippen LogP contribution in [0.3, 0.4) is 0 Å². The molecule has 0 saturated heterocycles. The Morgan fingerprint density at radius 2 is 2.47 bits per heavy atom. The molecule has 0 saturated carbocycles. The highest BCUT2D eigenvalue weighted by Crippen LogP contribution is 2.05. The SMILES string of the molecule is CCC(C)[C@H](N)C(=O)NCc1ccn[nH]1. The third-order valence-corrected chi connectivity index (χ3v) is 2.57. The first kappa shape index (κ1) is 11.7. The van der Waals surface area contributed by atoms with Gasteiger partial charge in [0.1, 0.15) is 0 Å². The molecular formula is C10H18N4O. The van der Waals surface area contributed by atoms with Gasteiger partial charge < -0.3 is 11.1 Å². The molecule has 0 aliphatic rings. The lowest BCUT2D eigenvalue weighted by Gasteiger charge is -2.17. The van der Waals surface area contributed by atoms with Crippen LogP contribution in [-0.2, 0) is 11.3 Å². The summed E-state index contributed by atoms with van der Waals surface area (Å²) in [5, 5.41) is 9.32. The minimum absolute atomic E-state index is 0.112. The number of carbonyl (C=O) groups excluding carboxylic acids is 1. The number of nitrogens with one attached hydrogen (secondary N) is 2. The zero-order valence-electron chi connectivity index (χ0n) is 9.16. The summed E-state index contributed by atoms with van der Waals surface area (Å²) in [6.45, 7) is 4.44. The lowest BCUT2D eigenvalue weighted by molar-refractivity contribution is -0.123. The second-order valence-corrected chi connectivity index (χ2v) is 3.71. The monoisotopic (exact) mass is 210 g/mol. The van der Waals surface area contributed by atoms with Crippen molar-refractivity contribution in [2.75, 3.05) is 0 Å². The van der Waals surface area contributed by atoms with Crippen LogP contribution in [-0.4, -0.2) is 22.1 Å². The number of rotatable bonds is 5. The van der Waals surface area contributed by atoms with Gasteiger partial charge in [0.05, 0.1) is 18.3 Å². The third kappa shape index (κ3) is 3.36. The number of amides is 1. The second kappa shape index (κ2) is 5.50. The fraction of sp³-hybridized carbons (Fsp3) is 0.600. The lowest BCUT2D eigenvalue weighted by atomic mass is 9.99. The van der Waals surface area contributed by atoms with Gasteiger partial charge >= 0.3 is 0 Å². The minimum Gasteiger partial charge on any atom is -0.349 e. The number of carbonyl (C=O) groups is 1. The van der Waals surface area contributed by atoms with E-state index in [1.807, 2.05) is 19.9 Å². The van der Waals surface area contributed by atoms with E-state index in [1.165, 1.54) is 0 Å². The van der Waals surface area contributed by atoms with Crippen LogP contribution >= 0.6 is 0 Å². The van der Waals surface area contributed by atoms with E-state index in [1.54, 1.807) is 6.20 Å². The van der Waals surface area contributed by atoms with Gasteiger partial charge in [-0.15, -0.1) is 0 Å². The van der Waals surface area contributed by atoms with Crippen molar-refractivity contribution in [1.82, 2.24) is 15.5 Å². The van der Waals surface area contributed by atoms with Crippen LogP contribution in [0.15, 0.2) is 12.3 Å². The molecule has 0 bridgehead atoms. The fourth-order valence-corrected chi connectivity index (χ4v) is 1.20. The number of hydrogen-bond acceptors (Lipinski definition) is 3. The standard InChI is InChI=1S/C10H18N4O/c1-3-7(2)9(11)10(15)12-6-8-4-5-13-14-8/h4-5,7,9H,3,6,11H2,1-2H3,(H,12,15)(H,13,14)/t7?,9-/m0/s1. The number of aromatic nitrogens is 2. The maximum Gasteiger partial charge on any atom is 0.237 e. The topological polar surface area (TPSA) is 83.8 Å². The maximum atomic E-state index is 11.6. The Hall–Kier alpha value is -1.36. The van der Waals surface area contributed by atoms with Crippen molar-refractivity contribution in [1.29, 1.82) is 0 Å². The molecule has 0 aliphatic carbocycles. The molecule has 84 valence electrons. The predicted molar refractivity (Wildman–Crippen MR) is 57.9 cm³/mol. The van der Waals surface area contributed by atoms with Crippen molar-refractivity contribution >= 4 is 5.91 Å². The van der Waals surface area contributed by atoms with E-state index in [-0.39, 0.29) is 11.8 Å². The Morgan fingerprint density at radius 3 is 3.00 bits per heavy atom. The quantitative estimate of drug-likeness (QED) is 0.657. The molecular weight excluding hydrogens is 192 g/mol. The highest BCUT2D eigenvalue weighted by Gasteiger charge is 2.18. The predicted octanol–water partition coefficient (Wildman–Crippen LogP) is 0.399. The van der Waals surface area contributed by atoms with Crippen molar-refractivity contribution in [3.05, 3.63) is 18.0 Å². The molecule has 1 amide bonds. The normalized spacial score (nSPS) is 14.6. The molecule has 5 heteroatoms. The maximum absolute atomic E-state index is 11.6. The summed E-state index contributed by atoms with van der Waals surface area (Å²) in [6.07, 6.45) is 2.55. The Labute approximate surface area is 89.4 Å². The van der Waals surface area contributed by atoms with Crippen molar-refractivity contribution in [2.24, 2.45) is 11.7 Å². The number of nitrogens with two attached hydrogens (primary N) is 1. The Bertz CT molecular complexity index is 296. The molecule has 0 spiro atoms. The number of hydrogen-bond donors (Lipinski definition) is 3. The van der Waals surface area contributed by atoms with Gasteiger partial charge in [-0.1, -0.05) is 20.3 Å². The molecule has 5 nitrogen and oxygen atoms in total. The summed E-state index contributed by atoms with van der Waals surface area (Å²) in [5.41, 5.74) is 6.65. The highest BCUT2D eigenvalue weighted by atomic mass is 16.2. The summed E-state index contributed by atoms with van der Waals surface area (Å²) in [6, 6.07) is 1.38. The van der Waals surface area contributed by atoms with E-state index in [9.17, 15) is 4.79 Å².